The highest BCUT2D eigenvalue weighted by Gasteiger charge is 2.05. The van der Waals surface area contributed by atoms with Crippen LogP contribution in [0.15, 0.2) is 47.6 Å². The first-order chi connectivity index (χ1) is 11.6. The number of amides is 1. The first-order valence-electron chi connectivity index (χ1n) is 7.05. The summed E-state index contributed by atoms with van der Waals surface area (Å²) in [6.45, 7) is -0.306. The van der Waals surface area contributed by atoms with E-state index < -0.39 is 11.7 Å². The maximum atomic E-state index is 13.0. The summed E-state index contributed by atoms with van der Waals surface area (Å²) in [5.74, 6) is 0.348. The highest BCUT2D eigenvalue weighted by molar-refractivity contribution is 5.91. The molecule has 0 unspecified atom stereocenters. The highest BCUT2D eigenvalue weighted by Crippen LogP contribution is 2.22. The van der Waals surface area contributed by atoms with Crippen LogP contribution in [0.1, 0.15) is 5.56 Å². The molecule has 2 aromatic rings. The van der Waals surface area contributed by atoms with E-state index in [4.69, 9.17) is 14.3 Å². The number of carbonyl (C=O) groups excluding carboxylic acids is 1. The Morgan fingerprint density at radius 1 is 1.21 bits per heavy atom. The van der Waals surface area contributed by atoms with Crippen LogP contribution in [0.25, 0.3) is 0 Å². The van der Waals surface area contributed by atoms with Gasteiger partial charge < -0.3 is 19.6 Å². The average molecular weight is 332 g/mol. The number of methoxy groups -OCH3 is 2. The van der Waals surface area contributed by atoms with Crippen molar-refractivity contribution in [1.82, 2.24) is 0 Å². The molecule has 0 spiro atoms. The fraction of sp³-hybridized carbons (Fsp3) is 0.176. The lowest BCUT2D eigenvalue weighted by atomic mass is 10.2. The third-order valence-corrected chi connectivity index (χ3v) is 3.01. The maximum absolute atomic E-state index is 13.0. The molecule has 1 amide bonds. The van der Waals surface area contributed by atoms with Crippen molar-refractivity contribution < 1.29 is 23.5 Å². The third-order valence-electron chi connectivity index (χ3n) is 3.01. The van der Waals surface area contributed by atoms with E-state index in [2.05, 4.69) is 10.5 Å². The minimum Gasteiger partial charge on any atom is -0.497 e. The van der Waals surface area contributed by atoms with Gasteiger partial charge in [0, 0.05) is 11.3 Å². The van der Waals surface area contributed by atoms with Crippen molar-refractivity contribution >= 4 is 17.8 Å². The van der Waals surface area contributed by atoms with E-state index in [0.29, 0.717) is 22.7 Å². The number of anilines is 1. The highest BCUT2D eigenvalue weighted by atomic mass is 19.1. The lowest BCUT2D eigenvalue weighted by molar-refractivity contribution is -0.120. The topological polar surface area (TPSA) is 69.1 Å². The molecular formula is C17H17FN2O4. The van der Waals surface area contributed by atoms with E-state index >= 15 is 0 Å². The fourth-order valence-corrected chi connectivity index (χ4v) is 1.89. The van der Waals surface area contributed by atoms with Crippen molar-refractivity contribution in [1.29, 1.82) is 0 Å². The van der Waals surface area contributed by atoms with Gasteiger partial charge in [-0.25, -0.2) is 4.39 Å². The van der Waals surface area contributed by atoms with Gasteiger partial charge >= 0.3 is 0 Å². The van der Waals surface area contributed by atoms with E-state index in [0.717, 1.165) is 0 Å². The minimum absolute atomic E-state index is 0.306. The molecule has 126 valence electrons. The summed E-state index contributed by atoms with van der Waals surface area (Å²) >= 11 is 0. The normalized spacial score (nSPS) is 10.5. The number of oxime groups is 1. The van der Waals surface area contributed by atoms with Crippen LogP contribution in [0, 0.1) is 5.82 Å². The van der Waals surface area contributed by atoms with Gasteiger partial charge in [0.25, 0.3) is 5.91 Å². The number of ether oxygens (including phenoxy) is 2. The quantitative estimate of drug-likeness (QED) is 0.625. The van der Waals surface area contributed by atoms with Crippen LogP contribution in [0.3, 0.4) is 0 Å². The molecule has 0 bridgehead atoms. The van der Waals surface area contributed by atoms with E-state index in [1.165, 1.54) is 31.5 Å². The van der Waals surface area contributed by atoms with Gasteiger partial charge in [-0.1, -0.05) is 11.2 Å². The van der Waals surface area contributed by atoms with Gasteiger partial charge in [0.05, 0.1) is 20.4 Å². The van der Waals surface area contributed by atoms with Crippen molar-refractivity contribution in [2.75, 3.05) is 26.1 Å². The molecule has 1 N–H and O–H groups in total. The Bertz CT molecular complexity index is 734. The zero-order valence-corrected chi connectivity index (χ0v) is 13.3. The fourth-order valence-electron chi connectivity index (χ4n) is 1.89. The molecule has 0 aromatic heterocycles. The zero-order chi connectivity index (χ0) is 17.4. The van der Waals surface area contributed by atoms with Crippen LogP contribution in [-0.4, -0.2) is 32.9 Å². The summed E-state index contributed by atoms with van der Waals surface area (Å²) < 4.78 is 23.3. The summed E-state index contributed by atoms with van der Waals surface area (Å²) in [6.07, 6.45) is 1.41. The summed E-state index contributed by atoms with van der Waals surface area (Å²) in [5, 5.41) is 6.23. The molecule has 0 radical (unpaired) electrons. The molecule has 0 aliphatic carbocycles. The van der Waals surface area contributed by atoms with Crippen LogP contribution in [0.5, 0.6) is 11.5 Å². The number of benzene rings is 2. The lowest BCUT2D eigenvalue weighted by Gasteiger charge is -2.07. The number of halogens is 1. The second kappa shape index (κ2) is 8.52. The lowest BCUT2D eigenvalue weighted by Crippen LogP contribution is -2.17. The Balaban J connectivity index is 1.89. The molecule has 24 heavy (non-hydrogen) atoms. The maximum Gasteiger partial charge on any atom is 0.265 e. The standard InChI is InChI=1S/C17H17FN2O4/c1-22-15-6-7-16(23-2)12(8-15)10-19-24-11-17(21)20-14-5-3-4-13(18)9-14/h3-10H,11H2,1-2H3,(H,20,21)/b19-10-. The van der Waals surface area contributed by atoms with Crippen LogP contribution in [-0.2, 0) is 9.63 Å². The van der Waals surface area contributed by atoms with Crippen molar-refractivity contribution in [3.63, 3.8) is 0 Å². The van der Waals surface area contributed by atoms with Gasteiger partial charge in [-0.2, -0.15) is 0 Å². The van der Waals surface area contributed by atoms with Gasteiger partial charge in [-0.05, 0) is 36.4 Å². The number of hydrogen-bond acceptors (Lipinski definition) is 5. The van der Waals surface area contributed by atoms with Crippen molar-refractivity contribution in [3.8, 4) is 11.5 Å². The van der Waals surface area contributed by atoms with Crippen LogP contribution in [0.2, 0.25) is 0 Å². The molecule has 2 aromatic carbocycles. The number of hydrogen-bond donors (Lipinski definition) is 1. The smallest absolute Gasteiger partial charge is 0.265 e. The molecule has 0 atom stereocenters. The second-order valence-corrected chi connectivity index (χ2v) is 4.67. The SMILES string of the molecule is COc1ccc(OC)c(/C=N\OCC(=O)Nc2cccc(F)c2)c1. The van der Waals surface area contributed by atoms with Crippen molar-refractivity contribution in [2.45, 2.75) is 0 Å². The molecule has 7 heteroatoms. The summed E-state index contributed by atoms with van der Waals surface area (Å²) in [6, 6.07) is 10.8. The first-order valence-corrected chi connectivity index (χ1v) is 7.05. The summed E-state index contributed by atoms with van der Waals surface area (Å²) in [4.78, 5) is 16.6. The van der Waals surface area contributed by atoms with Gasteiger partial charge in [0.2, 0.25) is 0 Å². The first kappa shape index (κ1) is 17.3. The largest absolute Gasteiger partial charge is 0.497 e. The van der Waals surface area contributed by atoms with Crippen LogP contribution >= 0.6 is 0 Å². The molecule has 2 rings (SSSR count). The Morgan fingerprint density at radius 3 is 2.75 bits per heavy atom. The Morgan fingerprint density at radius 2 is 2.04 bits per heavy atom. The Hall–Kier alpha value is -3.09. The summed E-state index contributed by atoms with van der Waals surface area (Å²) in [7, 11) is 3.09. The van der Waals surface area contributed by atoms with E-state index in [1.54, 1.807) is 31.4 Å². The molecule has 6 nitrogen and oxygen atoms in total. The number of nitrogens with one attached hydrogen (secondary N) is 1. The molecule has 0 saturated carbocycles. The third kappa shape index (κ3) is 4.98. The van der Waals surface area contributed by atoms with Crippen LogP contribution in [0.4, 0.5) is 10.1 Å². The Labute approximate surface area is 138 Å². The van der Waals surface area contributed by atoms with Crippen LogP contribution < -0.4 is 14.8 Å². The zero-order valence-electron chi connectivity index (χ0n) is 13.3. The molecule has 0 saturated heterocycles. The average Bonchev–Trinajstić information content (AvgIpc) is 2.58. The molecule has 0 heterocycles. The summed E-state index contributed by atoms with van der Waals surface area (Å²) in [5.41, 5.74) is 0.990. The minimum atomic E-state index is -0.449. The number of carbonyl (C=O) groups is 1. The molecule has 0 fully saturated rings. The van der Waals surface area contributed by atoms with Gasteiger partial charge in [-0.15, -0.1) is 0 Å². The van der Waals surface area contributed by atoms with E-state index in [9.17, 15) is 9.18 Å². The monoisotopic (exact) mass is 332 g/mol. The van der Waals surface area contributed by atoms with Crippen molar-refractivity contribution in [2.24, 2.45) is 5.16 Å². The second-order valence-electron chi connectivity index (χ2n) is 4.67. The Kier molecular flexibility index (Phi) is 6.13. The number of rotatable bonds is 7. The molecule has 0 aliphatic rings. The van der Waals surface area contributed by atoms with Gasteiger partial charge in [0.1, 0.15) is 17.3 Å². The molecule has 0 aliphatic heterocycles. The predicted molar refractivity (Wildman–Crippen MR) is 88.1 cm³/mol. The number of nitrogens with zero attached hydrogens (tertiary/aromatic N) is 1. The van der Waals surface area contributed by atoms with E-state index in [1.807, 2.05) is 0 Å². The molecular weight excluding hydrogens is 315 g/mol. The van der Waals surface area contributed by atoms with E-state index in [-0.39, 0.29) is 6.61 Å². The van der Waals surface area contributed by atoms with Gasteiger partial charge in [0.15, 0.2) is 6.61 Å². The predicted octanol–water partition coefficient (Wildman–Crippen LogP) is 2.83. The van der Waals surface area contributed by atoms with Gasteiger partial charge in [-0.3, -0.25) is 4.79 Å². The van der Waals surface area contributed by atoms with Crippen molar-refractivity contribution in [3.05, 3.63) is 53.8 Å².